The zero-order valence-corrected chi connectivity index (χ0v) is 8.29. The van der Waals surface area contributed by atoms with Crippen LogP contribution in [0.2, 0.25) is 0 Å². The standard InChI is InChI=1S/C9H16FNO2/c1-6(2)8-4-7(10)5-11(8)9(12)13-3/h6-8H,4-5H2,1-3H3/t7-,8+/m1/s1. The van der Waals surface area contributed by atoms with E-state index in [1.807, 2.05) is 13.8 Å². The monoisotopic (exact) mass is 189 g/mol. The van der Waals surface area contributed by atoms with Crippen molar-refractivity contribution in [2.45, 2.75) is 32.5 Å². The third-order valence-corrected chi connectivity index (χ3v) is 2.47. The van der Waals surface area contributed by atoms with Crippen molar-refractivity contribution in [2.24, 2.45) is 5.92 Å². The van der Waals surface area contributed by atoms with Crippen molar-refractivity contribution in [1.29, 1.82) is 0 Å². The lowest BCUT2D eigenvalue weighted by atomic mass is 10.0. The largest absolute Gasteiger partial charge is 0.453 e. The van der Waals surface area contributed by atoms with Gasteiger partial charge in [-0.3, -0.25) is 0 Å². The molecule has 0 radical (unpaired) electrons. The Labute approximate surface area is 77.9 Å². The van der Waals surface area contributed by atoms with Crippen LogP contribution in [0.15, 0.2) is 0 Å². The van der Waals surface area contributed by atoms with Gasteiger partial charge in [-0.25, -0.2) is 9.18 Å². The van der Waals surface area contributed by atoms with Crippen LogP contribution in [0, 0.1) is 5.92 Å². The Morgan fingerprint density at radius 1 is 1.62 bits per heavy atom. The number of amides is 1. The molecule has 2 atom stereocenters. The molecule has 1 saturated heterocycles. The molecule has 1 fully saturated rings. The highest BCUT2D eigenvalue weighted by Crippen LogP contribution is 2.26. The van der Waals surface area contributed by atoms with Gasteiger partial charge in [0.25, 0.3) is 0 Å². The maximum atomic E-state index is 13.0. The molecule has 0 bridgehead atoms. The smallest absolute Gasteiger partial charge is 0.409 e. The third-order valence-electron chi connectivity index (χ3n) is 2.47. The Kier molecular flexibility index (Phi) is 3.12. The summed E-state index contributed by atoms with van der Waals surface area (Å²) in [6.45, 7) is 4.15. The highest BCUT2D eigenvalue weighted by molar-refractivity contribution is 5.68. The summed E-state index contributed by atoms with van der Waals surface area (Å²) in [5.41, 5.74) is 0. The van der Waals surface area contributed by atoms with Crippen molar-refractivity contribution in [3.05, 3.63) is 0 Å². The molecule has 0 aromatic rings. The highest BCUT2D eigenvalue weighted by atomic mass is 19.1. The van der Waals surface area contributed by atoms with Gasteiger partial charge in [0.05, 0.1) is 13.7 Å². The Hall–Kier alpha value is -0.800. The lowest BCUT2D eigenvalue weighted by molar-refractivity contribution is 0.108. The molecule has 1 rings (SSSR count). The highest BCUT2D eigenvalue weighted by Gasteiger charge is 2.37. The van der Waals surface area contributed by atoms with E-state index in [0.29, 0.717) is 6.42 Å². The molecule has 0 aromatic carbocycles. The number of halogens is 1. The van der Waals surface area contributed by atoms with Crippen molar-refractivity contribution < 1.29 is 13.9 Å². The average Bonchev–Trinajstić information content (AvgIpc) is 2.46. The van der Waals surface area contributed by atoms with Crippen molar-refractivity contribution in [1.82, 2.24) is 4.90 Å². The Morgan fingerprint density at radius 2 is 2.23 bits per heavy atom. The zero-order chi connectivity index (χ0) is 10.0. The lowest BCUT2D eigenvalue weighted by Gasteiger charge is -2.25. The summed E-state index contributed by atoms with van der Waals surface area (Å²) in [4.78, 5) is 12.7. The summed E-state index contributed by atoms with van der Waals surface area (Å²) in [7, 11) is 1.32. The van der Waals surface area contributed by atoms with E-state index in [1.165, 1.54) is 12.0 Å². The molecular weight excluding hydrogens is 173 g/mol. The first-order valence-electron chi connectivity index (χ1n) is 4.55. The first-order chi connectivity index (χ1) is 6.06. The van der Waals surface area contributed by atoms with Crippen LogP contribution >= 0.6 is 0 Å². The lowest BCUT2D eigenvalue weighted by Crippen LogP contribution is -2.38. The Balaban J connectivity index is 2.66. The SMILES string of the molecule is COC(=O)N1C[C@H](F)C[C@H]1C(C)C. The molecule has 3 nitrogen and oxygen atoms in total. The van der Waals surface area contributed by atoms with E-state index in [2.05, 4.69) is 4.74 Å². The van der Waals surface area contributed by atoms with E-state index in [-0.39, 0.29) is 18.5 Å². The second-order valence-corrected chi connectivity index (χ2v) is 3.77. The quantitative estimate of drug-likeness (QED) is 0.629. The third kappa shape index (κ3) is 2.11. The van der Waals surface area contributed by atoms with Crippen LogP contribution in [-0.4, -0.2) is 36.9 Å². The van der Waals surface area contributed by atoms with E-state index >= 15 is 0 Å². The molecule has 0 N–H and O–H groups in total. The van der Waals surface area contributed by atoms with Crippen LogP contribution in [0.4, 0.5) is 9.18 Å². The summed E-state index contributed by atoms with van der Waals surface area (Å²) < 4.78 is 17.6. The molecule has 13 heavy (non-hydrogen) atoms. The fourth-order valence-electron chi connectivity index (χ4n) is 1.77. The van der Waals surface area contributed by atoms with Crippen molar-refractivity contribution in [2.75, 3.05) is 13.7 Å². The molecule has 1 aliphatic heterocycles. The minimum Gasteiger partial charge on any atom is -0.453 e. The molecule has 0 spiro atoms. The maximum absolute atomic E-state index is 13.0. The van der Waals surface area contributed by atoms with E-state index < -0.39 is 12.3 Å². The van der Waals surface area contributed by atoms with Gasteiger partial charge in [-0.2, -0.15) is 0 Å². The van der Waals surface area contributed by atoms with Crippen LogP contribution < -0.4 is 0 Å². The van der Waals surface area contributed by atoms with Crippen LogP contribution in [0.1, 0.15) is 20.3 Å². The second-order valence-electron chi connectivity index (χ2n) is 3.77. The zero-order valence-electron chi connectivity index (χ0n) is 8.29. The number of hydrogen-bond donors (Lipinski definition) is 0. The number of nitrogens with zero attached hydrogens (tertiary/aromatic N) is 1. The molecule has 0 aromatic heterocycles. The number of hydrogen-bond acceptors (Lipinski definition) is 2. The van der Waals surface area contributed by atoms with Gasteiger partial charge in [-0.1, -0.05) is 13.8 Å². The Bertz CT molecular complexity index is 196. The fraction of sp³-hybridized carbons (Fsp3) is 0.889. The summed E-state index contributed by atoms with van der Waals surface area (Å²) >= 11 is 0. The van der Waals surface area contributed by atoms with Crippen molar-refractivity contribution in [3.63, 3.8) is 0 Å². The molecule has 1 aliphatic rings. The minimum atomic E-state index is -0.897. The molecule has 0 unspecified atom stereocenters. The topological polar surface area (TPSA) is 29.5 Å². The van der Waals surface area contributed by atoms with E-state index in [0.717, 1.165) is 0 Å². The molecule has 4 heteroatoms. The van der Waals surface area contributed by atoms with Crippen LogP contribution in [0.5, 0.6) is 0 Å². The van der Waals surface area contributed by atoms with Gasteiger partial charge < -0.3 is 9.64 Å². The normalized spacial score (nSPS) is 28.2. The minimum absolute atomic E-state index is 0.0116. The maximum Gasteiger partial charge on any atom is 0.409 e. The predicted octanol–water partition coefficient (Wildman–Crippen LogP) is 1.82. The number of ether oxygens (including phenoxy) is 1. The van der Waals surface area contributed by atoms with Gasteiger partial charge in [0.2, 0.25) is 0 Å². The molecule has 0 saturated carbocycles. The van der Waals surface area contributed by atoms with Crippen molar-refractivity contribution >= 4 is 6.09 Å². The van der Waals surface area contributed by atoms with Crippen molar-refractivity contribution in [3.8, 4) is 0 Å². The van der Waals surface area contributed by atoms with Crippen LogP contribution in [0.3, 0.4) is 0 Å². The molecule has 1 amide bonds. The molecule has 0 aliphatic carbocycles. The number of alkyl halides is 1. The van der Waals surface area contributed by atoms with E-state index in [1.54, 1.807) is 0 Å². The number of likely N-dealkylation sites (tertiary alicyclic amines) is 1. The van der Waals surface area contributed by atoms with Crippen LogP contribution in [0.25, 0.3) is 0 Å². The summed E-state index contributed by atoms with van der Waals surface area (Å²) in [5.74, 6) is 0.278. The number of methoxy groups -OCH3 is 1. The number of carbonyl (C=O) groups is 1. The van der Waals surface area contributed by atoms with Gasteiger partial charge in [0.1, 0.15) is 6.17 Å². The predicted molar refractivity (Wildman–Crippen MR) is 47.3 cm³/mol. The first kappa shape index (κ1) is 10.3. The average molecular weight is 189 g/mol. The Morgan fingerprint density at radius 3 is 2.69 bits per heavy atom. The van der Waals surface area contributed by atoms with Gasteiger partial charge in [-0.05, 0) is 5.92 Å². The summed E-state index contributed by atoms with van der Waals surface area (Å²) in [6.07, 6.45) is -0.877. The van der Waals surface area contributed by atoms with Gasteiger partial charge in [0.15, 0.2) is 0 Å². The number of rotatable bonds is 1. The summed E-state index contributed by atoms with van der Waals surface area (Å²) in [5, 5.41) is 0. The first-order valence-corrected chi connectivity index (χ1v) is 4.55. The second kappa shape index (κ2) is 3.94. The summed E-state index contributed by atoms with van der Waals surface area (Å²) in [6, 6.07) is -0.0116. The fourth-order valence-corrected chi connectivity index (χ4v) is 1.77. The number of carbonyl (C=O) groups excluding carboxylic acids is 1. The van der Waals surface area contributed by atoms with Gasteiger partial charge in [-0.15, -0.1) is 0 Å². The van der Waals surface area contributed by atoms with E-state index in [4.69, 9.17) is 0 Å². The van der Waals surface area contributed by atoms with Gasteiger partial charge >= 0.3 is 6.09 Å². The molecule has 76 valence electrons. The molecule has 1 heterocycles. The van der Waals surface area contributed by atoms with E-state index in [9.17, 15) is 9.18 Å². The van der Waals surface area contributed by atoms with Crippen LogP contribution in [-0.2, 0) is 4.74 Å². The van der Waals surface area contributed by atoms with Gasteiger partial charge in [0, 0.05) is 12.5 Å². The molecular formula is C9H16FNO2.